The first-order valence-corrected chi connectivity index (χ1v) is 9.12. The van der Waals surface area contributed by atoms with Gasteiger partial charge in [0.05, 0.1) is 18.2 Å². The molecular formula is C19H24N4S. The van der Waals surface area contributed by atoms with Gasteiger partial charge >= 0.3 is 0 Å². The minimum Gasteiger partial charge on any atom is -0.357 e. The molecule has 0 bridgehead atoms. The van der Waals surface area contributed by atoms with Gasteiger partial charge in [-0.05, 0) is 48.4 Å². The Hall–Kier alpha value is -2.32. The van der Waals surface area contributed by atoms with Crippen molar-refractivity contribution in [2.75, 3.05) is 13.1 Å². The summed E-state index contributed by atoms with van der Waals surface area (Å²) in [5, 5.41) is 17.8. The predicted octanol–water partition coefficient (Wildman–Crippen LogP) is 3.55. The van der Waals surface area contributed by atoms with E-state index in [0.717, 1.165) is 31.0 Å². The fraction of sp³-hybridized carbons (Fsp3) is 0.368. The number of rotatable bonds is 7. The van der Waals surface area contributed by atoms with Crippen LogP contribution in [0.2, 0.25) is 0 Å². The highest BCUT2D eigenvalue weighted by atomic mass is 32.1. The molecule has 1 aromatic heterocycles. The van der Waals surface area contributed by atoms with E-state index in [1.54, 1.807) is 11.3 Å². The molecule has 0 aliphatic carbocycles. The van der Waals surface area contributed by atoms with Gasteiger partial charge < -0.3 is 10.6 Å². The molecule has 24 heavy (non-hydrogen) atoms. The quantitative estimate of drug-likeness (QED) is 0.598. The lowest BCUT2D eigenvalue weighted by molar-refractivity contribution is 0.562. The predicted molar refractivity (Wildman–Crippen MR) is 101 cm³/mol. The second-order valence-electron chi connectivity index (χ2n) is 5.78. The number of hydrogen-bond donors (Lipinski definition) is 2. The van der Waals surface area contributed by atoms with Crippen LogP contribution < -0.4 is 10.6 Å². The molecule has 5 heteroatoms. The maximum atomic E-state index is 8.96. The van der Waals surface area contributed by atoms with Gasteiger partial charge in [0.2, 0.25) is 0 Å². The first kappa shape index (κ1) is 18.0. The van der Waals surface area contributed by atoms with Crippen molar-refractivity contribution in [1.29, 1.82) is 5.26 Å². The SMILES string of the molecule is CCNC(=NCc1cccc(C#N)c1)NCC(C)Cc1cccs1. The van der Waals surface area contributed by atoms with Crippen molar-refractivity contribution in [2.45, 2.75) is 26.8 Å². The number of hydrogen-bond acceptors (Lipinski definition) is 3. The van der Waals surface area contributed by atoms with Gasteiger partial charge in [-0.2, -0.15) is 5.26 Å². The van der Waals surface area contributed by atoms with Gasteiger partial charge in [-0.25, -0.2) is 4.99 Å². The van der Waals surface area contributed by atoms with Crippen LogP contribution in [0, 0.1) is 17.2 Å². The molecule has 0 fully saturated rings. The van der Waals surface area contributed by atoms with Crippen molar-refractivity contribution in [2.24, 2.45) is 10.9 Å². The molecule has 2 rings (SSSR count). The monoisotopic (exact) mass is 340 g/mol. The number of nitrogens with one attached hydrogen (secondary N) is 2. The van der Waals surface area contributed by atoms with E-state index in [9.17, 15) is 0 Å². The molecule has 0 amide bonds. The van der Waals surface area contributed by atoms with Crippen LogP contribution in [-0.2, 0) is 13.0 Å². The fourth-order valence-corrected chi connectivity index (χ4v) is 3.24. The van der Waals surface area contributed by atoms with Crippen molar-refractivity contribution in [3.05, 3.63) is 57.8 Å². The second-order valence-corrected chi connectivity index (χ2v) is 6.81. The summed E-state index contributed by atoms with van der Waals surface area (Å²) in [6.07, 6.45) is 1.08. The van der Waals surface area contributed by atoms with E-state index in [-0.39, 0.29) is 0 Å². The van der Waals surface area contributed by atoms with Crippen molar-refractivity contribution < 1.29 is 0 Å². The van der Waals surface area contributed by atoms with Crippen LogP contribution in [0.3, 0.4) is 0 Å². The van der Waals surface area contributed by atoms with Crippen molar-refractivity contribution in [3.63, 3.8) is 0 Å². The summed E-state index contributed by atoms with van der Waals surface area (Å²) in [6.45, 7) is 6.56. The Labute approximate surface area is 148 Å². The van der Waals surface area contributed by atoms with E-state index >= 15 is 0 Å². The van der Waals surface area contributed by atoms with Gasteiger partial charge in [-0.15, -0.1) is 11.3 Å². The summed E-state index contributed by atoms with van der Waals surface area (Å²) < 4.78 is 0. The van der Waals surface area contributed by atoms with Crippen LogP contribution in [-0.4, -0.2) is 19.0 Å². The van der Waals surface area contributed by atoms with Crippen molar-refractivity contribution in [1.82, 2.24) is 10.6 Å². The van der Waals surface area contributed by atoms with Crippen LogP contribution >= 0.6 is 11.3 Å². The van der Waals surface area contributed by atoms with Crippen LogP contribution in [0.1, 0.15) is 29.9 Å². The van der Waals surface area contributed by atoms with Crippen LogP contribution in [0.25, 0.3) is 0 Å². The number of nitriles is 1. The normalized spacial score (nSPS) is 12.5. The van der Waals surface area contributed by atoms with E-state index < -0.39 is 0 Å². The molecule has 4 nitrogen and oxygen atoms in total. The molecule has 0 spiro atoms. The standard InChI is InChI=1S/C19H24N4S/c1-3-21-19(22-13-15(2)10-18-8-5-9-24-18)23-14-17-7-4-6-16(11-17)12-20/h4-9,11,15H,3,10,13-14H2,1-2H3,(H2,21,22,23). The average molecular weight is 340 g/mol. The lowest BCUT2D eigenvalue weighted by Gasteiger charge is -2.15. The maximum Gasteiger partial charge on any atom is 0.191 e. The first-order valence-electron chi connectivity index (χ1n) is 8.25. The molecule has 0 aliphatic heterocycles. The number of nitrogens with zero attached hydrogens (tertiary/aromatic N) is 2. The Kier molecular flexibility index (Phi) is 7.31. The van der Waals surface area contributed by atoms with E-state index in [4.69, 9.17) is 5.26 Å². The molecule has 1 unspecified atom stereocenters. The summed E-state index contributed by atoms with van der Waals surface area (Å²) in [6, 6.07) is 14.0. The summed E-state index contributed by atoms with van der Waals surface area (Å²) in [7, 11) is 0. The van der Waals surface area contributed by atoms with Gasteiger partial charge in [0.25, 0.3) is 0 Å². The summed E-state index contributed by atoms with van der Waals surface area (Å²) >= 11 is 1.81. The topological polar surface area (TPSA) is 60.2 Å². The number of thiophene rings is 1. The number of guanidine groups is 1. The Morgan fingerprint density at radius 2 is 2.17 bits per heavy atom. The van der Waals surface area contributed by atoms with E-state index in [1.807, 2.05) is 24.3 Å². The fourth-order valence-electron chi connectivity index (χ4n) is 2.37. The molecule has 0 saturated carbocycles. The van der Waals surface area contributed by atoms with Gasteiger partial charge in [-0.3, -0.25) is 0 Å². The van der Waals surface area contributed by atoms with E-state index in [0.29, 0.717) is 18.0 Å². The molecule has 1 atom stereocenters. The Balaban J connectivity index is 1.89. The van der Waals surface area contributed by atoms with Crippen molar-refractivity contribution in [3.8, 4) is 6.07 Å². The minimum absolute atomic E-state index is 0.537. The third kappa shape index (κ3) is 6.05. The molecule has 126 valence electrons. The smallest absolute Gasteiger partial charge is 0.191 e. The molecule has 0 saturated heterocycles. The third-order valence-electron chi connectivity index (χ3n) is 3.57. The maximum absolute atomic E-state index is 8.96. The average Bonchev–Trinajstić information content (AvgIpc) is 3.10. The van der Waals surface area contributed by atoms with Gasteiger partial charge in [-0.1, -0.05) is 25.1 Å². The zero-order valence-electron chi connectivity index (χ0n) is 14.2. The van der Waals surface area contributed by atoms with Crippen molar-refractivity contribution >= 4 is 17.3 Å². The van der Waals surface area contributed by atoms with Crippen LogP contribution in [0.15, 0.2) is 46.8 Å². The molecule has 1 aromatic carbocycles. The second kappa shape index (κ2) is 9.74. The largest absolute Gasteiger partial charge is 0.357 e. The van der Waals surface area contributed by atoms with E-state index in [1.165, 1.54) is 4.88 Å². The van der Waals surface area contributed by atoms with Gasteiger partial charge in [0, 0.05) is 18.0 Å². The zero-order chi connectivity index (χ0) is 17.2. The summed E-state index contributed by atoms with van der Waals surface area (Å²) in [4.78, 5) is 6.03. The minimum atomic E-state index is 0.537. The first-order chi connectivity index (χ1) is 11.7. The Bertz CT molecular complexity index is 686. The molecule has 1 heterocycles. The number of benzene rings is 1. The van der Waals surface area contributed by atoms with Gasteiger partial charge in [0.15, 0.2) is 5.96 Å². The molecule has 2 N–H and O–H groups in total. The lowest BCUT2D eigenvalue weighted by atomic mass is 10.1. The molecule has 0 radical (unpaired) electrons. The zero-order valence-corrected chi connectivity index (χ0v) is 15.1. The summed E-state index contributed by atoms with van der Waals surface area (Å²) in [5.41, 5.74) is 1.71. The highest BCUT2D eigenvalue weighted by Gasteiger charge is 2.06. The van der Waals surface area contributed by atoms with Crippen LogP contribution in [0.5, 0.6) is 0 Å². The van der Waals surface area contributed by atoms with Gasteiger partial charge in [0.1, 0.15) is 0 Å². The Morgan fingerprint density at radius 1 is 1.29 bits per heavy atom. The highest BCUT2D eigenvalue weighted by Crippen LogP contribution is 2.13. The molecule has 0 aliphatic rings. The van der Waals surface area contributed by atoms with E-state index in [2.05, 4.69) is 53.1 Å². The number of aliphatic imine (C=N–C) groups is 1. The third-order valence-corrected chi connectivity index (χ3v) is 4.47. The Morgan fingerprint density at radius 3 is 2.88 bits per heavy atom. The molecular weight excluding hydrogens is 316 g/mol. The van der Waals surface area contributed by atoms with Crippen LogP contribution in [0.4, 0.5) is 0 Å². The lowest BCUT2D eigenvalue weighted by Crippen LogP contribution is -2.39. The molecule has 2 aromatic rings. The summed E-state index contributed by atoms with van der Waals surface area (Å²) in [5.74, 6) is 1.35. The highest BCUT2D eigenvalue weighted by molar-refractivity contribution is 7.09.